The molecule has 3 amide bonds. The van der Waals surface area contributed by atoms with E-state index >= 15 is 0 Å². The van der Waals surface area contributed by atoms with E-state index < -0.39 is 6.04 Å². The molecule has 0 radical (unpaired) electrons. The average molecular weight is 366 g/mol. The first kappa shape index (κ1) is 18.6. The highest BCUT2D eigenvalue weighted by Crippen LogP contribution is 2.26. The zero-order valence-corrected chi connectivity index (χ0v) is 15.4. The van der Waals surface area contributed by atoms with Crippen LogP contribution in [0.15, 0.2) is 54.6 Å². The highest BCUT2D eigenvalue weighted by atomic mass is 16.5. The number of carbonyl (C=O) groups is 3. The third-order valence-corrected chi connectivity index (χ3v) is 4.72. The first-order chi connectivity index (χ1) is 13.0. The van der Waals surface area contributed by atoms with Crippen molar-refractivity contribution in [2.75, 3.05) is 18.6 Å². The Morgan fingerprint density at radius 1 is 1.11 bits per heavy atom. The molecule has 140 valence electrons. The summed E-state index contributed by atoms with van der Waals surface area (Å²) in [4.78, 5) is 40.1. The highest BCUT2D eigenvalue weighted by molar-refractivity contribution is 6.22. The summed E-state index contributed by atoms with van der Waals surface area (Å²) in [7, 11) is 1.60. The van der Waals surface area contributed by atoms with Crippen LogP contribution in [-0.4, -0.2) is 42.3 Å². The van der Waals surface area contributed by atoms with Gasteiger partial charge in [0.05, 0.1) is 19.2 Å². The summed E-state index contributed by atoms with van der Waals surface area (Å²) in [5, 5.41) is 0. The molecule has 6 heteroatoms. The average Bonchev–Trinajstić information content (AvgIpc) is 2.97. The Morgan fingerprint density at radius 3 is 2.37 bits per heavy atom. The van der Waals surface area contributed by atoms with Gasteiger partial charge in [0.1, 0.15) is 11.8 Å². The molecule has 0 aliphatic carbocycles. The Bertz CT molecular complexity index is 833. The minimum atomic E-state index is -0.756. The normalized spacial score (nSPS) is 16.5. The van der Waals surface area contributed by atoms with Gasteiger partial charge in [-0.05, 0) is 36.2 Å². The molecule has 6 nitrogen and oxygen atoms in total. The van der Waals surface area contributed by atoms with E-state index in [9.17, 15) is 14.4 Å². The van der Waals surface area contributed by atoms with Gasteiger partial charge in [-0.3, -0.25) is 14.4 Å². The number of benzene rings is 2. The van der Waals surface area contributed by atoms with Gasteiger partial charge in [-0.2, -0.15) is 0 Å². The molecule has 1 saturated heterocycles. The second-order valence-corrected chi connectivity index (χ2v) is 6.43. The van der Waals surface area contributed by atoms with Crippen molar-refractivity contribution in [2.45, 2.75) is 25.8 Å². The van der Waals surface area contributed by atoms with Crippen molar-refractivity contribution in [3.05, 3.63) is 60.2 Å². The van der Waals surface area contributed by atoms with Crippen molar-refractivity contribution < 1.29 is 19.1 Å². The van der Waals surface area contributed by atoms with Crippen molar-refractivity contribution >= 4 is 23.4 Å². The SMILES string of the molecule is COc1ccc(CCN(C(C)=O)[C@H]2CC(=O)N(c3ccccc3)C2=O)cc1. The second-order valence-electron chi connectivity index (χ2n) is 6.43. The second kappa shape index (κ2) is 8.03. The summed E-state index contributed by atoms with van der Waals surface area (Å²) in [5.41, 5.74) is 1.56. The van der Waals surface area contributed by atoms with Gasteiger partial charge < -0.3 is 9.64 Å². The monoisotopic (exact) mass is 366 g/mol. The van der Waals surface area contributed by atoms with Crippen molar-refractivity contribution in [1.82, 2.24) is 4.90 Å². The summed E-state index contributed by atoms with van der Waals surface area (Å²) < 4.78 is 5.14. The molecular formula is C21H22N2O4. The third kappa shape index (κ3) is 4.00. The molecule has 2 aromatic carbocycles. The van der Waals surface area contributed by atoms with Crippen LogP contribution in [0, 0.1) is 0 Å². The first-order valence-corrected chi connectivity index (χ1v) is 8.83. The van der Waals surface area contributed by atoms with Crippen molar-refractivity contribution in [3.63, 3.8) is 0 Å². The third-order valence-electron chi connectivity index (χ3n) is 4.72. The fourth-order valence-electron chi connectivity index (χ4n) is 3.28. The molecule has 1 heterocycles. The minimum absolute atomic E-state index is 0.00984. The smallest absolute Gasteiger partial charge is 0.257 e. The molecule has 1 fully saturated rings. The Kier molecular flexibility index (Phi) is 5.54. The predicted octanol–water partition coefficient (Wildman–Crippen LogP) is 2.42. The van der Waals surface area contributed by atoms with Gasteiger partial charge in [0.2, 0.25) is 11.8 Å². The summed E-state index contributed by atoms with van der Waals surface area (Å²) in [5.74, 6) is -0.0927. The highest BCUT2D eigenvalue weighted by Gasteiger charge is 2.43. The van der Waals surface area contributed by atoms with E-state index in [0.717, 1.165) is 11.3 Å². The van der Waals surface area contributed by atoms with E-state index in [1.54, 1.807) is 31.4 Å². The van der Waals surface area contributed by atoms with Gasteiger partial charge in [0.25, 0.3) is 5.91 Å². The zero-order chi connectivity index (χ0) is 19.4. The quantitative estimate of drug-likeness (QED) is 0.737. The molecule has 1 aliphatic rings. The lowest BCUT2D eigenvalue weighted by Crippen LogP contribution is -2.45. The topological polar surface area (TPSA) is 66.9 Å². The lowest BCUT2D eigenvalue weighted by molar-refractivity contribution is -0.136. The molecule has 0 aromatic heterocycles. The Balaban J connectivity index is 1.73. The van der Waals surface area contributed by atoms with E-state index in [-0.39, 0.29) is 24.1 Å². The van der Waals surface area contributed by atoms with Crippen molar-refractivity contribution in [3.8, 4) is 5.75 Å². The van der Waals surface area contributed by atoms with E-state index in [1.165, 1.54) is 16.7 Å². The maximum Gasteiger partial charge on any atom is 0.257 e. The maximum absolute atomic E-state index is 12.9. The number of hydrogen-bond donors (Lipinski definition) is 0. The number of methoxy groups -OCH3 is 1. The molecule has 1 atom stereocenters. The fourth-order valence-corrected chi connectivity index (χ4v) is 3.28. The number of nitrogens with zero attached hydrogens (tertiary/aromatic N) is 2. The van der Waals surface area contributed by atoms with E-state index in [4.69, 9.17) is 4.74 Å². The standard InChI is InChI=1S/C21H22N2O4/c1-15(24)22(13-12-16-8-10-18(27-2)11-9-16)19-14-20(25)23(21(19)26)17-6-4-3-5-7-17/h3-11,19H,12-14H2,1-2H3/t19-/m0/s1. The number of carbonyl (C=O) groups excluding carboxylic acids is 3. The number of imide groups is 1. The Morgan fingerprint density at radius 2 is 1.78 bits per heavy atom. The Hall–Kier alpha value is -3.15. The summed E-state index contributed by atoms with van der Waals surface area (Å²) in [6, 6.07) is 15.6. The van der Waals surface area contributed by atoms with Gasteiger partial charge in [-0.25, -0.2) is 4.90 Å². The van der Waals surface area contributed by atoms with E-state index in [2.05, 4.69) is 0 Å². The molecule has 0 spiro atoms. The molecule has 1 aliphatic heterocycles. The molecule has 2 aromatic rings. The molecule has 0 saturated carbocycles. The number of ether oxygens (including phenoxy) is 1. The molecule has 0 bridgehead atoms. The van der Waals surface area contributed by atoms with Crippen LogP contribution in [0.25, 0.3) is 0 Å². The summed E-state index contributed by atoms with van der Waals surface area (Å²) >= 11 is 0. The molecule has 0 N–H and O–H groups in total. The molecular weight excluding hydrogens is 344 g/mol. The van der Waals surface area contributed by atoms with Crippen LogP contribution in [0.4, 0.5) is 5.69 Å². The van der Waals surface area contributed by atoms with E-state index in [1.807, 2.05) is 30.3 Å². The van der Waals surface area contributed by atoms with Crippen LogP contribution in [0.3, 0.4) is 0 Å². The fraction of sp³-hybridized carbons (Fsp3) is 0.286. The predicted molar refractivity (Wildman–Crippen MR) is 101 cm³/mol. The lowest BCUT2D eigenvalue weighted by atomic mass is 10.1. The van der Waals surface area contributed by atoms with Crippen LogP contribution < -0.4 is 9.64 Å². The van der Waals surface area contributed by atoms with Gasteiger partial charge in [0.15, 0.2) is 0 Å². The van der Waals surface area contributed by atoms with Crippen LogP contribution in [0.1, 0.15) is 18.9 Å². The summed E-state index contributed by atoms with van der Waals surface area (Å²) in [6.45, 7) is 1.80. The number of para-hydroxylation sites is 1. The number of anilines is 1. The first-order valence-electron chi connectivity index (χ1n) is 8.83. The van der Waals surface area contributed by atoms with Gasteiger partial charge in [0, 0.05) is 13.5 Å². The van der Waals surface area contributed by atoms with Crippen LogP contribution in [0.2, 0.25) is 0 Å². The van der Waals surface area contributed by atoms with Gasteiger partial charge in [-0.1, -0.05) is 30.3 Å². The van der Waals surface area contributed by atoms with E-state index in [0.29, 0.717) is 18.7 Å². The van der Waals surface area contributed by atoms with Gasteiger partial charge >= 0.3 is 0 Å². The maximum atomic E-state index is 12.9. The van der Waals surface area contributed by atoms with Crippen molar-refractivity contribution in [1.29, 1.82) is 0 Å². The number of hydrogen-bond acceptors (Lipinski definition) is 4. The molecule has 0 unspecified atom stereocenters. The molecule has 27 heavy (non-hydrogen) atoms. The number of rotatable bonds is 6. The largest absolute Gasteiger partial charge is 0.497 e. The van der Waals surface area contributed by atoms with Crippen LogP contribution >= 0.6 is 0 Å². The minimum Gasteiger partial charge on any atom is -0.497 e. The Labute approximate surface area is 158 Å². The van der Waals surface area contributed by atoms with Crippen LogP contribution in [-0.2, 0) is 20.8 Å². The summed E-state index contributed by atoms with van der Waals surface area (Å²) in [6.07, 6.45) is 0.600. The van der Waals surface area contributed by atoms with Crippen molar-refractivity contribution in [2.24, 2.45) is 0 Å². The molecule has 3 rings (SSSR count). The number of amides is 3. The lowest BCUT2D eigenvalue weighted by Gasteiger charge is -2.26. The zero-order valence-electron chi connectivity index (χ0n) is 15.4. The van der Waals surface area contributed by atoms with Gasteiger partial charge in [-0.15, -0.1) is 0 Å². The van der Waals surface area contributed by atoms with Crippen LogP contribution in [0.5, 0.6) is 5.75 Å².